The van der Waals surface area contributed by atoms with E-state index in [0.717, 1.165) is 0 Å². The minimum atomic E-state index is -0.125. The van der Waals surface area contributed by atoms with Crippen LogP contribution in [0.1, 0.15) is 0 Å². The molecule has 0 rings (SSSR count). The quantitative estimate of drug-likeness (QED) is 0.323. The fourth-order valence-electron chi connectivity index (χ4n) is 0.451. The first-order valence-electron chi connectivity index (χ1n) is 4.42. The molecule has 0 amide bonds. The molecule has 16 heavy (non-hydrogen) atoms. The highest BCUT2D eigenvalue weighted by molar-refractivity contribution is 4.30. The number of ether oxygens (including phenoxy) is 2. The predicted molar refractivity (Wildman–Crippen MR) is 57.2 cm³/mol. The third-order valence-corrected chi connectivity index (χ3v) is 0.943. The topological polar surface area (TPSA) is 162 Å². The van der Waals surface area contributed by atoms with E-state index < -0.39 is 0 Å². The Morgan fingerprint density at radius 3 is 1.00 bits per heavy atom. The lowest BCUT2D eigenvalue weighted by Crippen LogP contribution is -2.09. The van der Waals surface area contributed by atoms with Crippen LogP contribution in [0, 0.1) is 0 Å². The first-order valence-corrected chi connectivity index (χ1v) is 4.42. The molecule has 0 saturated carbocycles. The van der Waals surface area contributed by atoms with Gasteiger partial charge in [-0.3, -0.25) is 0 Å². The van der Waals surface area contributed by atoms with Gasteiger partial charge in [-0.2, -0.15) is 0 Å². The Morgan fingerprint density at radius 2 is 0.812 bits per heavy atom. The molecule has 0 aliphatic carbocycles. The second-order valence-corrected chi connectivity index (χ2v) is 2.12. The number of aliphatic hydroxyl groups excluding tert-OH is 4. The molecule has 0 aliphatic heterocycles. The van der Waals surface area contributed by atoms with E-state index >= 15 is 0 Å². The first-order chi connectivity index (χ1) is 6.83. The largest absolute Gasteiger partial charge is 0.412 e. The molecule has 0 fully saturated rings. The second-order valence-electron chi connectivity index (χ2n) is 2.12. The van der Waals surface area contributed by atoms with E-state index in [2.05, 4.69) is 0 Å². The Hall–Kier alpha value is -0.320. The summed E-state index contributed by atoms with van der Waals surface area (Å²) < 4.78 is 9.75. The first kappa shape index (κ1) is 24.8. The molecule has 0 spiro atoms. The van der Waals surface area contributed by atoms with Gasteiger partial charge in [-0.15, -0.1) is 0 Å². The van der Waals surface area contributed by atoms with Crippen molar-refractivity contribution in [3.05, 3.63) is 0 Å². The molecule has 8 nitrogen and oxygen atoms in total. The highest BCUT2D eigenvalue weighted by Crippen LogP contribution is 1.76. The van der Waals surface area contributed by atoms with Gasteiger partial charge in [-0.05, 0) is 0 Å². The van der Waals surface area contributed by atoms with E-state index in [9.17, 15) is 0 Å². The SMILES string of the molecule is O.O.OCCO.OCCOCCOCCO. The Bertz CT molecular complexity index is 72.4. The maximum Gasteiger partial charge on any atom is 0.0701 e. The maximum atomic E-state index is 8.26. The van der Waals surface area contributed by atoms with Crippen LogP contribution in [0.4, 0.5) is 0 Å². The van der Waals surface area contributed by atoms with Gasteiger partial charge in [0.1, 0.15) is 0 Å². The van der Waals surface area contributed by atoms with Crippen molar-refractivity contribution in [3.8, 4) is 0 Å². The van der Waals surface area contributed by atoms with Gasteiger partial charge in [0.25, 0.3) is 0 Å². The van der Waals surface area contributed by atoms with Gasteiger partial charge < -0.3 is 40.9 Å². The third kappa shape index (κ3) is 37.3. The van der Waals surface area contributed by atoms with Crippen molar-refractivity contribution in [2.24, 2.45) is 0 Å². The standard InChI is InChI=1S/C6H14O4.C2H6O2.2H2O/c7-1-3-9-5-6-10-4-2-8;3-1-2-4;;/h7-8H,1-6H2;3-4H,1-2H2;2*1H2. The third-order valence-electron chi connectivity index (χ3n) is 0.943. The zero-order chi connectivity index (χ0) is 11.1. The molecule has 8 N–H and O–H groups in total. The zero-order valence-electron chi connectivity index (χ0n) is 9.26. The molecule has 0 aliphatic rings. The summed E-state index contributed by atoms with van der Waals surface area (Å²) in [5, 5.41) is 31.8. The lowest BCUT2D eigenvalue weighted by molar-refractivity contribution is 0.0222. The smallest absolute Gasteiger partial charge is 0.0701 e. The highest BCUT2D eigenvalue weighted by Gasteiger charge is 1.86. The summed E-state index contributed by atoms with van der Waals surface area (Å²) in [7, 11) is 0. The van der Waals surface area contributed by atoms with E-state index in [-0.39, 0.29) is 37.4 Å². The molecule has 0 aromatic heterocycles. The number of rotatable bonds is 8. The number of hydrogen-bond donors (Lipinski definition) is 4. The summed E-state index contributed by atoms with van der Waals surface area (Å²) in [4.78, 5) is 0. The molecule has 0 heterocycles. The van der Waals surface area contributed by atoms with Crippen molar-refractivity contribution in [1.29, 1.82) is 0 Å². The van der Waals surface area contributed by atoms with Crippen LogP contribution < -0.4 is 0 Å². The molecular weight excluding hydrogens is 224 g/mol. The molecule has 0 aromatic carbocycles. The van der Waals surface area contributed by atoms with Gasteiger partial charge in [0.15, 0.2) is 0 Å². The van der Waals surface area contributed by atoms with Crippen molar-refractivity contribution in [1.82, 2.24) is 0 Å². The van der Waals surface area contributed by atoms with Crippen molar-refractivity contribution in [3.63, 3.8) is 0 Å². The van der Waals surface area contributed by atoms with Crippen LogP contribution in [0.2, 0.25) is 0 Å². The molecule has 0 unspecified atom stereocenters. The van der Waals surface area contributed by atoms with Crippen molar-refractivity contribution >= 4 is 0 Å². The van der Waals surface area contributed by atoms with E-state index in [1.54, 1.807) is 0 Å². The fourth-order valence-corrected chi connectivity index (χ4v) is 0.451. The van der Waals surface area contributed by atoms with Gasteiger partial charge in [-0.1, -0.05) is 0 Å². The predicted octanol–water partition coefficient (Wildman–Crippen LogP) is -3.67. The highest BCUT2D eigenvalue weighted by atomic mass is 16.5. The lowest BCUT2D eigenvalue weighted by Gasteiger charge is -2.01. The lowest BCUT2D eigenvalue weighted by atomic mass is 10.7. The van der Waals surface area contributed by atoms with Gasteiger partial charge in [0.2, 0.25) is 0 Å². The van der Waals surface area contributed by atoms with Crippen molar-refractivity contribution < 1.29 is 40.9 Å². The minimum absolute atomic E-state index is 0. The summed E-state index contributed by atoms with van der Waals surface area (Å²) >= 11 is 0. The summed E-state index contributed by atoms with van der Waals surface area (Å²) in [6.45, 7) is 1.48. The molecular formula is C8H24O8. The Morgan fingerprint density at radius 1 is 0.500 bits per heavy atom. The molecule has 0 radical (unpaired) electrons. The van der Waals surface area contributed by atoms with E-state index in [1.165, 1.54) is 0 Å². The molecule has 8 heteroatoms. The molecule has 104 valence electrons. The van der Waals surface area contributed by atoms with Crippen LogP contribution in [0.25, 0.3) is 0 Å². The summed E-state index contributed by atoms with van der Waals surface area (Å²) in [6.07, 6.45) is 0. The Balaban J connectivity index is -0.000000105. The average Bonchev–Trinajstić information content (AvgIpc) is 2.24. The van der Waals surface area contributed by atoms with Crippen LogP contribution in [-0.4, -0.2) is 84.2 Å². The summed E-state index contributed by atoms with van der Waals surface area (Å²) in [6, 6.07) is 0. The maximum absolute atomic E-state index is 8.26. The van der Waals surface area contributed by atoms with Gasteiger partial charge in [0, 0.05) is 0 Å². The average molecular weight is 248 g/mol. The Kier molecular flexibility index (Phi) is 45.4. The van der Waals surface area contributed by atoms with Crippen molar-refractivity contribution in [2.45, 2.75) is 0 Å². The number of hydrogen-bond acceptors (Lipinski definition) is 6. The Labute approximate surface area is 94.7 Å². The van der Waals surface area contributed by atoms with Gasteiger partial charge >= 0.3 is 0 Å². The van der Waals surface area contributed by atoms with Crippen LogP contribution in [-0.2, 0) is 9.47 Å². The zero-order valence-corrected chi connectivity index (χ0v) is 9.26. The van der Waals surface area contributed by atoms with Gasteiger partial charge in [-0.25, -0.2) is 0 Å². The van der Waals surface area contributed by atoms with Crippen LogP contribution in [0.15, 0.2) is 0 Å². The molecule has 0 bridgehead atoms. The van der Waals surface area contributed by atoms with Crippen molar-refractivity contribution in [2.75, 3.05) is 52.9 Å². The summed E-state index contributed by atoms with van der Waals surface area (Å²) in [5.74, 6) is 0. The van der Waals surface area contributed by atoms with E-state index in [0.29, 0.717) is 26.4 Å². The summed E-state index contributed by atoms with van der Waals surface area (Å²) in [5.41, 5.74) is 0. The fraction of sp³-hybridized carbons (Fsp3) is 1.00. The van der Waals surface area contributed by atoms with Gasteiger partial charge in [0.05, 0.1) is 52.9 Å². The molecule has 0 aromatic rings. The monoisotopic (exact) mass is 248 g/mol. The molecule has 0 saturated heterocycles. The van der Waals surface area contributed by atoms with Crippen LogP contribution >= 0.6 is 0 Å². The van der Waals surface area contributed by atoms with Crippen LogP contribution in [0.3, 0.4) is 0 Å². The van der Waals surface area contributed by atoms with Crippen LogP contribution in [0.5, 0.6) is 0 Å². The minimum Gasteiger partial charge on any atom is -0.412 e. The van der Waals surface area contributed by atoms with E-state index in [1.807, 2.05) is 0 Å². The second kappa shape index (κ2) is 29.3. The number of aliphatic hydroxyl groups is 4. The van der Waals surface area contributed by atoms with E-state index in [4.69, 9.17) is 29.9 Å². The molecule has 0 atom stereocenters. The normalized spacial score (nSPS) is 8.25.